The van der Waals surface area contributed by atoms with Crippen LogP contribution in [0.15, 0.2) is 6.07 Å². The number of aryl methyl sites for hydroxylation is 1. The van der Waals surface area contributed by atoms with Gasteiger partial charge in [0.25, 0.3) is 0 Å². The summed E-state index contributed by atoms with van der Waals surface area (Å²) in [6.07, 6.45) is 5.29. The van der Waals surface area contributed by atoms with Crippen LogP contribution in [0.4, 0.5) is 10.3 Å². The summed E-state index contributed by atoms with van der Waals surface area (Å²) in [5, 5.41) is 16.2. The Kier molecular flexibility index (Phi) is 6.35. The first kappa shape index (κ1) is 22.3. The Hall–Kier alpha value is -2.50. The zero-order chi connectivity index (χ0) is 22.9. The number of carboxylic acids is 1. The number of benzene rings is 1. The molecule has 1 aromatic carbocycles. The number of rotatable bonds is 7. The molecule has 5 rings (SSSR count). The first-order chi connectivity index (χ1) is 16.0. The molecule has 2 aliphatic rings. The summed E-state index contributed by atoms with van der Waals surface area (Å²) in [6, 6.07) is 2.76. The van der Waals surface area contributed by atoms with Crippen molar-refractivity contribution in [3.8, 4) is 0 Å². The molecule has 1 aliphatic heterocycles. The zero-order valence-electron chi connectivity index (χ0n) is 18.6. The van der Waals surface area contributed by atoms with Gasteiger partial charge in [0.2, 0.25) is 5.91 Å². The number of amides is 1. The third-order valence-electron chi connectivity index (χ3n) is 6.57. The Morgan fingerprint density at radius 2 is 1.58 bits per heavy atom. The molecule has 11 heteroatoms. The van der Waals surface area contributed by atoms with Crippen molar-refractivity contribution < 1.29 is 14.7 Å². The number of nitrogens with one attached hydrogen (secondary N) is 2. The van der Waals surface area contributed by atoms with Gasteiger partial charge < -0.3 is 20.6 Å². The molecule has 9 nitrogen and oxygen atoms in total. The fourth-order valence-electron chi connectivity index (χ4n) is 4.80. The smallest absolute Gasteiger partial charge is 0.322 e. The molecule has 0 radical (unpaired) electrons. The third-order valence-corrected chi connectivity index (χ3v) is 8.49. The average molecular weight is 489 g/mol. The molecule has 0 spiro atoms. The van der Waals surface area contributed by atoms with Gasteiger partial charge in [0.1, 0.15) is 6.54 Å². The number of aromatic nitrogens is 2. The fraction of sp³-hybridized carbons (Fsp3) is 0.545. The zero-order valence-corrected chi connectivity index (χ0v) is 20.2. The number of hydrogen-bond acceptors (Lipinski definition) is 9. The van der Waals surface area contributed by atoms with E-state index in [4.69, 9.17) is 10.1 Å². The largest absolute Gasteiger partial charge is 0.480 e. The summed E-state index contributed by atoms with van der Waals surface area (Å²) in [7, 11) is 0. The second kappa shape index (κ2) is 9.40. The van der Waals surface area contributed by atoms with Crippen LogP contribution < -0.4 is 10.6 Å². The molecule has 1 amide bonds. The van der Waals surface area contributed by atoms with Crippen molar-refractivity contribution in [1.82, 2.24) is 19.8 Å². The topological polar surface area (TPSA) is 111 Å². The van der Waals surface area contributed by atoms with Crippen LogP contribution in [-0.2, 0) is 9.59 Å². The van der Waals surface area contributed by atoms with E-state index in [9.17, 15) is 9.59 Å². The van der Waals surface area contributed by atoms with Crippen molar-refractivity contribution in [2.45, 2.75) is 38.6 Å². The van der Waals surface area contributed by atoms with E-state index in [1.54, 1.807) is 0 Å². The number of anilines is 2. The van der Waals surface area contributed by atoms with Gasteiger partial charge in [0, 0.05) is 37.8 Å². The number of carboxylic acid groups (broad SMARTS) is 1. The normalized spacial score (nSPS) is 17.8. The molecule has 3 heterocycles. The number of thiazole rings is 2. The molecule has 2 fully saturated rings. The standard InChI is InChI=1S/C22H28N6O3S2/c1-13-19-15(10-16-20(13)26-22(33-16)24-12-18(30)31)32-21(25-19)23-11-17(29)28-8-6-27(7-9-28)14-4-2-3-5-14/h10,14H,2-9,11-12H2,1H3,(H,23,25)(H,24,26)(H,30,31). The number of carbonyl (C=O) groups is 2. The van der Waals surface area contributed by atoms with E-state index in [2.05, 4.69) is 20.5 Å². The molecule has 3 aromatic rings. The maximum atomic E-state index is 12.7. The van der Waals surface area contributed by atoms with E-state index in [0.29, 0.717) is 5.13 Å². The van der Waals surface area contributed by atoms with Crippen LogP contribution in [0.1, 0.15) is 31.2 Å². The molecule has 33 heavy (non-hydrogen) atoms. The van der Waals surface area contributed by atoms with Crippen molar-refractivity contribution in [3.63, 3.8) is 0 Å². The van der Waals surface area contributed by atoms with E-state index in [-0.39, 0.29) is 19.0 Å². The predicted molar refractivity (Wildman–Crippen MR) is 133 cm³/mol. The lowest BCUT2D eigenvalue weighted by Gasteiger charge is -2.38. The number of nitrogens with zero attached hydrogens (tertiary/aromatic N) is 4. The maximum Gasteiger partial charge on any atom is 0.322 e. The van der Waals surface area contributed by atoms with Crippen LogP contribution in [0.5, 0.6) is 0 Å². The lowest BCUT2D eigenvalue weighted by molar-refractivity contribution is -0.135. The summed E-state index contributed by atoms with van der Waals surface area (Å²) in [4.78, 5) is 37.3. The van der Waals surface area contributed by atoms with Crippen LogP contribution in [0, 0.1) is 6.92 Å². The Labute approximate surface area is 199 Å². The number of aliphatic carboxylic acids is 1. The Bertz CT molecular complexity index is 1180. The van der Waals surface area contributed by atoms with Crippen molar-refractivity contribution in [3.05, 3.63) is 11.6 Å². The molecular formula is C22H28N6O3S2. The van der Waals surface area contributed by atoms with Gasteiger partial charge in [-0.3, -0.25) is 14.5 Å². The van der Waals surface area contributed by atoms with Gasteiger partial charge in [-0.25, -0.2) is 9.97 Å². The van der Waals surface area contributed by atoms with Gasteiger partial charge in [0.05, 0.1) is 27.0 Å². The van der Waals surface area contributed by atoms with Crippen molar-refractivity contribution in [2.75, 3.05) is 49.9 Å². The van der Waals surface area contributed by atoms with E-state index in [1.807, 2.05) is 17.9 Å². The van der Waals surface area contributed by atoms with Gasteiger partial charge in [-0.1, -0.05) is 35.5 Å². The minimum Gasteiger partial charge on any atom is -0.480 e. The monoisotopic (exact) mass is 488 g/mol. The molecule has 1 saturated carbocycles. The molecule has 0 unspecified atom stereocenters. The minimum atomic E-state index is -0.922. The molecule has 3 N–H and O–H groups in total. The molecule has 0 atom stereocenters. The summed E-state index contributed by atoms with van der Waals surface area (Å²) in [6.45, 7) is 5.62. The fourth-order valence-corrected chi connectivity index (χ4v) is 6.80. The van der Waals surface area contributed by atoms with E-state index in [0.717, 1.165) is 63.3 Å². The van der Waals surface area contributed by atoms with E-state index < -0.39 is 5.97 Å². The predicted octanol–water partition coefficient (Wildman–Crippen LogP) is 3.21. The highest BCUT2D eigenvalue weighted by molar-refractivity contribution is 7.24. The SMILES string of the molecule is Cc1c2nc(NCC(=O)O)sc2cc2sc(NCC(=O)N3CCN(C4CCCC4)CC3)nc12. The highest BCUT2D eigenvalue weighted by atomic mass is 32.1. The molecule has 1 saturated heterocycles. The first-order valence-electron chi connectivity index (χ1n) is 11.4. The second-order valence-electron chi connectivity index (χ2n) is 8.69. The quantitative estimate of drug-likeness (QED) is 0.465. The maximum absolute atomic E-state index is 12.7. The van der Waals surface area contributed by atoms with Gasteiger partial charge in [-0.15, -0.1) is 0 Å². The van der Waals surface area contributed by atoms with Crippen molar-refractivity contribution in [2.24, 2.45) is 0 Å². The highest BCUT2D eigenvalue weighted by Crippen LogP contribution is 2.37. The lowest BCUT2D eigenvalue weighted by Crippen LogP contribution is -2.52. The van der Waals surface area contributed by atoms with Crippen LogP contribution in [-0.4, -0.2) is 82.1 Å². The lowest BCUT2D eigenvalue weighted by atomic mass is 10.2. The Morgan fingerprint density at radius 3 is 2.15 bits per heavy atom. The van der Waals surface area contributed by atoms with Crippen LogP contribution >= 0.6 is 22.7 Å². The van der Waals surface area contributed by atoms with Crippen LogP contribution in [0.2, 0.25) is 0 Å². The van der Waals surface area contributed by atoms with Crippen molar-refractivity contribution >= 4 is 65.2 Å². The number of hydrogen-bond donors (Lipinski definition) is 3. The molecule has 176 valence electrons. The number of piperazine rings is 1. The Morgan fingerprint density at radius 1 is 1.00 bits per heavy atom. The summed E-state index contributed by atoms with van der Waals surface area (Å²) in [5.74, 6) is -0.802. The van der Waals surface area contributed by atoms with Gasteiger partial charge in [0.15, 0.2) is 10.3 Å². The molecular weight excluding hydrogens is 460 g/mol. The van der Waals surface area contributed by atoms with E-state index >= 15 is 0 Å². The average Bonchev–Trinajstić information content (AvgIpc) is 3.56. The van der Waals surface area contributed by atoms with Gasteiger partial charge in [-0.05, 0) is 25.8 Å². The Balaban J connectivity index is 1.21. The summed E-state index contributed by atoms with van der Waals surface area (Å²) in [5.41, 5.74) is 2.65. The second-order valence-corrected chi connectivity index (χ2v) is 10.8. The minimum absolute atomic E-state index is 0.119. The van der Waals surface area contributed by atoms with Crippen molar-refractivity contribution in [1.29, 1.82) is 0 Å². The highest BCUT2D eigenvalue weighted by Gasteiger charge is 2.27. The van der Waals surface area contributed by atoms with Crippen LogP contribution in [0.3, 0.4) is 0 Å². The molecule has 0 bridgehead atoms. The number of fused-ring (bicyclic) bond motifs is 2. The first-order valence-corrected chi connectivity index (χ1v) is 13.0. The van der Waals surface area contributed by atoms with Crippen LogP contribution in [0.25, 0.3) is 20.4 Å². The summed E-state index contributed by atoms with van der Waals surface area (Å²) >= 11 is 2.95. The third kappa shape index (κ3) is 4.75. The van der Waals surface area contributed by atoms with Gasteiger partial charge in [-0.2, -0.15) is 0 Å². The van der Waals surface area contributed by atoms with Gasteiger partial charge >= 0.3 is 5.97 Å². The molecule has 1 aliphatic carbocycles. The number of carbonyl (C=O) groups excluding carboxylic acids is 1. The molecule has 2 aromatic heterocycles. The summed E-state index contributed by atoms with van der Waals surface area (Å²) < 4.78 is 2.01. The van der Waals surface area contributed by atoms with E-state index in [1.165, 1.54) is 48.4 Å².